The summed E-state index contributed by atoms with van der Waals surface area (Å²) in [5.41, 5.74) is 1.58. The van der Waals surface area contributed by atoms with Gasteiger partial charge in [0.05, 0.1) is 12.6 Å². The van der Waals surface area contributed by atoms with Crippen molar-refractivity contribution in [2.75, 3.05) is 32.7 Å². The predicted octanol–water partition coefficient (Wildman–Crippen LogP) is 2.96. The quantitative estimate of drug-likeness (QED) is 0.846. The largest absolute Gasteiger partial charge is 0.348 e. The number of hydrogen-bond donors (Lipinski definition) is 1. The van der Waals surface area contributed by atoms with Crippen LogP contribution in [0.2, 0.25) is 0 Å². The van der Waals surface area contributed by atoms with E-state index < -0.39 is 17.7 Å². The summed E-state index contributed by atoms with van der Waals surface area (Å²) in [4.78, 5) is 16.8. The third-order valence-electron chi connectivity index (χ3n) is 4.89. The van der Waals surface area contributed by atoms with Gasteiger partial charge in [-0.05, 0) is 18.6 Å². The van der Waals surface area contributed by atoms with E-state index >= 15 is 0 Å². The van der Waals surface area contributed by atoms with E-state index in [9.17, 15) is 13.6 Å². The van der Waals surface area contributed by atoms with Gasteiger partial charge in [0.1, 0.15) is 11.6 Å². The molecule has 144 valence electrons. The van der Waals surface area contributed by atoms with E-state index in [0.717, 1.165) is 38.8 Å². The van der Waals surface area contributed by atoms with Crippen molar-refractivity contribution in [3.8, 4) is 0 Å². The number of benzene rings is 2. The number of nitrogens with zero attached hydrogens (tertiary/aromatic N) is 2. The molecule has 0 spiro atoms. The molecule has 0 aromatic heterocycles. The molecule has 0 radical (unpaired) electrons. The zero-order valence-electron chi connectivity index (χ0n) is 15.5. The van der Waals surface area contributed by atoms with Gasteiger partial charge >= 0.3 is 0 Å². The van der Waals surface area contributed by atoms with Crippen LogP contribution in [0.3, 0.4) is 0 Å². The topological polar surface area (TPSA) is 35.6 Å². The molecular formula is C21H25F2N3O. The molecule has 1 atom stereocenters. The molecule has 1 aliphatic rings. The summed E-state index contributed by atoms with van der Waals surface area (Å²) >= 11 is 0. The molecule has 1 heterocycles. The van der Waals surface area contributed by atoms with Crippen molar-refractivity contribution >= 4 is 5.91 Å². The summed E-state index contributed by atoms with van der Waals surface area (Å²) in [6.45, 7) is 6.35. The number of hydrogen-bond acceptors (Lipinski definition) is 3. The maximum absolute atomic E-state index is 13.8. The molecule has 6 heteroatoms. The van der Waals surface area contributed by atoms with Crippen LogP contribution in [0.15, 0.2) is 48.5 Å². The minimum Gasteiger partial charge on any atom is -0.348 e. The summed E-state index contributed by atoms with van der Waals surface area (Å²) < 4.78 is 26.8. The fourth-order valence-electron chi connectivity index (χ4n) is 3.37. The van der Waals surface area contributed by atoms with E-state index in [0.29, 0.717) is 0 Å². The maximum Gasteiger partial charge on any atom is 0.234 e. The van der Waals surface area contributed by atoms with Gasteiger partial charge in [-0.3, -0.25) is 14.6 Å². The van der Waals surface area contributed by atoms with Crippen molar-refractivity contribution in [3.05, 3.63) is 71.3 Å². The maximum atomic E-state index is 13.8. The molecule has 1 fully saturated rings. The third-order valence-corrected chi connectivity index (χ3v) is 4.89. The number of rotatable bonds is 6. The number of carbonyl (C=O) groups is 1. The molecule has 0 bridgehead atoms. The highest BCUT2D eigenvalue weighted by atomic mass is 19.1. The second-order valence-corrected chi connectivity index (χ2v) is 6.99. The first-order valence-corrected chi connectivity index (χ1v) is 9.24. The first-order valence-electron chi connectivity index (χ1n) is 9.24. The highest BCUT2D eigenvalue weighted by molar-refractivity contribution is 5.78. The van der Waals surface area contributed by atoms with Gasteiger partial charge in [-0.15, -0.1) is 0 Å². The Morgan fingerprint density at radius 3 is 2.37 bits per heavy atom. The Kier molecular flexibility index (Phi) is 6.53. The van der Waals surface area contributed by atoms with Gasteiger partial charge in [0.2, 0.25) is 5.91 Å². The standard InChI is InChI=1S/C21H25F2N3O/c1-16(19-8-7-18(22)13-20(19)23)24-21(27)15-26-11-9-25(10-12-26)14-17-5-3-2-4-6-17/h2-8,13,16H,9-12,14-15H2,1H3,(H,24,27)/t16-/m0/s1. The monoisotopic (exact) mass is 373 g/mol. The van der Waals surface area contributed by atoms with Crippen molar-refractivity contribution in [2.45, 2.75) is 19.5 Å². The lowest BCUT2D eigenvalue weighted by atomic mass is 10.1. The Balaban J connectivity index is 1.44. The molecule has 0 saturated carbocycles. The molecule has 0 aliphatic carbocycles. The third kappa shape index (κ3) is 5.58. The molecular weight excluding hydrogens is 348 g/mol. The lowest BCUT2D eigenvalue weighted by Crippen LogP contribution is -2.49. The van der Waals surface area contributed by atoms with Gasteiger partial charge in [0, 0.05) is 44.4 Å². The van der Waals surface area contributed by atoms with Crippen LogP contribution in [0.1, 0.15) is 24.1 Å². The zero-order valence-corrected chi connectivity index (χ0v) is 15.5. The Bertz CT molecular complexity index is 761. The predicted molar refractivity (Wildman–Crippen MR) is 101 cm³/mol. The van der Waals surface area contributed by atoms with Crippen molar-refractivity contribution in [3.63, 3.8) is 0 Å². The van der Waals surface area contributed by atoms with Gasteiger partial charge < -0.3 is 5.32 Å². The Morgan fingerprint density at radius 1 is 1.04 bits per heavy atom. The first-order chi connectivity index (χ1) is 13.0. The number of nitrogens with one attached hydrogen (secondary N) is 1. The van der Waals surface area contributed by atoms with Crippen LogP contribution < -0.4 is 5.32 Å². The second-order valence-electron chi connectivity index (χ2n) is 6.99. The van der Waals surface area contributed by atoms with Gasteiger partial charge in [-0.2, -0.15) is 0 Å². The minimum atomic E-state index is -0.641. The van der Waals surface area contributed by atoms with Crippen LogP contribution in [-0.4, -0.2) is 48.4 Å². The van der Waals surface area contributed by atoms with Crippen LogP contribution in [0.25, 0.3) is 0 Å². The summed E-state index contributed by atoms with van der Waals surface area (Å²) in [7, 11) is 0. The van der Waals surface area contributed by atoms with Crippen LogP contribution in [0.4, 0.5) is 8.78 Å². The van der Waals surface area contributed by atoms with Crippen molar-refractivity contribution in [2.24, 2.45) is 0 Å². The summed E-state index contributed by atoms with van der Waals surface area (Å²) in [5, 5.41) is 2.80. The van der Waals surface area contributed by atoms with Crippen LogP contribution in [0, 0.1) is 11.6 Å². The molecule has 3 rings (SSSR count). The van der Waals surface area contributed by atoms with Crippen LogP contribution in [-0.2, 0) is 11.3 Å². The second kappa shape index (κ2) is 9.06. The van der Waals surface area contributed by atoms with E-state index in [-0.39, 0.29) is 18.0 Å². The number of piperazine rings is 1. The van der Waals surface area contributed by atoms with Crippen LogP contribution in [0.5, 0.6) is 0 Å². The highest BCUT2D eigenvalue weighted by Gasteiger charge is 2.20. The molecule has 0 unspecified atom stereocenters. The summed E-state index contributed by atoms with van der Waals surface area (Å²) in [6.07, 6.45) is 0. The van der Waals surface area contributed by atoms with Gasteiger partial charge in [-0.1, -0.05) is 36.4 Å². The van der Waals surface area contributed by atoms with E-state index in [1.807, 2.05) is 18.2 Å². The zero-order chi connectivity index (χ0) is 19.2. The summed E-state index contributed by atoms with van der Waals surface area (Å²) in [6, 6.07) is 13.2. The van der Waals surface area contributed by atoms with E-state index in [1.54, 1.807) is 6.92 Å². The molecule has 4 nitrogen and oxygen atoms in total. The number of halogens is 2. The van der Waals surface area contributed by atoms with Gasteiger partial charge in [0.25, 0.3) is 0 Å². The fourth-order valence-corrected chi connectivity index (χ4v) is 3.37. The van der Waals surface area contributed by atoms with Crippen molar-refractivity contribution < 1.29 is 13.6 Å². The first kappa shape index (κ1) is 19.5. The normalized spacial score (nSPS) is 16.9. The fraction of sp³-hybridized carbons (Fsp3) is 0.381. The average Bonchev–Trinajstić information content (AvgIpc) is 2.64. The van der Waals surface area contributed by atoms with Gasteiger partial charge in [-0.25, -0.2) is 8.78 Å². The Morgan fingerprint density at radius 2 is 1.70 bits per heavy atom. The van der Waals surface area contributed by atoms with E-state index in [2.05, 4.69) is 27.2 Å². The SMILES string of the molecule is C[C@H](NC(=O)CN1CCN(Cc2ccccc2)CC1)c1ccc(F)cc1F. The van der Waals surface area contributed by atoms with Crippen molar-refractivity contribution in [1.29, 1.82) is 0 Å². The van der Waals surface area contributed by atoms with Crippen molar-refractivity contribution in [1.82, 2.24) is 15.1 Å². The molecule has 1 N–H and O–H groups in total. The van der Waals surface area contributed by atoms with E-state index in [1.165, 1.54) is 17.7 Å². The lowest BCUT2D eigenvalue weighted by molar-refractivity contribution is -0.123. The molecule has 2 aromatic rings. The van der Waals surface area contributed by atoms with E-state index in [4.69, 9.17) is 0 Å². The molecule has 27 heavy (non-hydrogen) atoms. The molecule has 1 saturated heterocycles. The minimum absolute atomic E-state index is 0.150. The number of amides is 1. The molecule has 1 amide bonds. The Labute approximate surface area is 158 Å². The summed E-state index contributed by atoms with van der Waals surface area (Å²) in [5.74, 6) is -1.41. The van der Waals surface area contributed by atoms with Crippen LogP contribution >= 0.6 is 0 Å². The Hall–Kier alpha value is -2.31. The lowest BCUT2D eigenvalue weighted by Gasteiger charge is -2.34. The highest BCUT2D eigenvalue weighted by Crippen LogP contribution is 2.17. The molecule has 2 aromatic carbocycles. The average molecular weight is 373 g/mol. The number of carbonyl (C=O) groups excluding carboxylic acids is 1. The molecule has 1 aliphatic heterocycles. The van der Waals surface area contributed by atoms with Gasteiger partial charge in [0.15, 0.2) is 0 Å². The smallest absolute Gasteiger partial charge is 0.234 e.